The summed E-state index contributed by atoms with van der Waals surface area (Å²) < 4.78 is 9.11. The lowest BCUT2D eigenvalue weighted by atomic mass is 10.0. The maximum Gasteiger partial charge on any atom is 0.418 e. The van der Waals surface area contributed by atoms with Gasteiger partial charge in [0.1, 0.15) is 0 Å². The Morgan fingerprint density at radius 3 is 2.00 bits per heavy atom. The second-order valence-electron chi connectivity index (χ2n) is 7.03. The maximum atomic E-state index is 13.1. The number of fused-ring (bicyclic) bond motifs is 3. The van der Waals surface area contributed by atoms with E-state index in [-0.39, 0.29) is 0 Å². The molecular weight excluding hydrogens is 360 g/mol. The van der Waals surface area contributed by atoms with Crippen LogP contribution in [0.2, 0.25) is 0 Å². The van der Waals surface area contributed by atoms with Gasteiger partial charge in [-0.05, 0) is 17.2 Å². The molecule has 5 rings (SSSR count). The van der Waals surface area contributed by atoms with E-state index in [2.05, 4.69) is 28.8 Å². The number of nitrogens with zero attached hydrogens (tertiary/aromatic N) is 2. The van der Waals surface area contributed by atoms with E-state index < -0.39 is 6.09 Å². The van der Waals surface area contributed by atoms with Crippen molar-refractivity contribution in [1.29, 1.82) is 0 Å². The second kappa shape index (κ2) is 6.67. The van der Waals surface area contributed by atoms with Crippen molar-refractivity contribution >= 4 is 28.0 Å². The van der Waals surface area contributed by atoms with Crippen molar-refractivity contribution in [3.8, 4) is 22.4 Å². The number of methoxy groups -OCH3 is 1. The molecule has 0 unspecified atom stereocenters. The predicted molar refractivity (Wildman–Crippen MR) is 117 cm³/mol. The molecule has 0 aliphatic rings. The van der Waals surface area contributed by atoms with Gasteiger partial charge in [0.05, 0.1) is 29.4 Å². The molecule has 0 N–H and O–H groups in total. The van der Waals surface area contributed by atoms with Crippen LogP contribution in [0.5, 0.6) is 0 Å². The minimum absolute atomic E-state index is 0.396. The maximum absolute atomic E-state index is 13.1. The number of carbonyl (C=O) groups excluding carboxylic acids is 1. The largest absolute Gasteiger partial charge is 0.452 e. The van der Waals surface area contributed by atoms with Crippen LogP contribution in [0.1, 0.15) is 0 Å². The molecule has 0 bridgehead atoms. The molecule has 0 aliphatic heterocycles. The highest BCUT2D eigenvalue weighted by molar-refractivity contribution is 6.18. The molecule has 0 aliphatic carbocycles. The number of hydrogen-bond donors (Lipinski definition) is 0. The van der Waals surface area contributed by atoms with Gasteiger partial charge in [-0.25, -0.2) is 9.36 Å². The van der Waals surface area contributed by atoms with E-state index in [1.165, 1.54) is 7.11 Å². The molecule has 29 heavy (non-hydrogen) atoms. The molecule has 4 heteroatoms. The van der Waals surface area contributed by atoms with Gasteiger partial charge < -0.3 is 9.30 Å². The summed E-state index contributed by atoms with van der Waals surface area (Å²) in [6.45, 7) is 0. The molecule has 0 saturated heterocycles. The number of carbonyl (C=O) groups is 1. The van der Waals surface area contributed by atoms with Gasteiger partial charge in [-0.2, -0.15) is 0 Å². The van der Waals surface area contributed by atoms with Crippen molar-refractivity contribution in [1.82, 2.24) is 9.13 Å². The number of ether oxygens (including phenoxy) is 1. The number of aromatic nitrogens is 2. The van der Waals surface area contributed by atoms with E-state index >= 15 is 0 Å². The van der Waals surface area contributed by atoms with Crippen molar-refractivity contribution in [3.63, 3.8) is 0 Å². The van der Waals surface area contributed by atoms with E-state index in [0.717, 1.165) is 44.3 Å². The third kappa shape index (κ3) is 2.49. The Bertz CT molecular complexity index is 1350. The Labute approximate surface area is 168 Å². The summed E-state index contributed by atoms with van der Waals surface area (Å²) in [7, 11) is 3.48. The molecule has 0 atom stereocenters. The van der Waals surface area contributed by atoms with Crippen molar-refractivity contribution in [2.45, 2.75) is 0 Å². The van der Waals surface area contributed by atoms with Crippen LogP contribution in [0.25, 0.3) is 44.3 Å². The highest BCUT2D eigenvalue weighted by Crippen LogP contribution is 2.44. The van der Waals surface area contributed by atoms with Crippen molar-refractivity contribution in [3.05, 3.63) is 84.9 Å². The van der Waals surface area contributed by atoms with E-state index in [1.807, 2.05) is 67.7 Å². The fraction of sp³-hybridized carbons (Fsp3) is 0.0800. The van der Waals surface area contributed by atoms with E-state index in [1.54, 1.807) is 4.57 Å². The zero-order valence-electron chi connectivity index (χ0n) is 16.3. The summed E-state index contributed by atoms with van der Waals surface area (Å²) >= 11 is 0. The van der Waals surface area contributed by atoms with Crippen molar-refractivity contribution in [2.75, 3.05) is 7.11 Å². The van der Waals surface area contributed by atoms with Crippen LogP contribution in [0, 0.1) is 0 Å². The van der Waals surface area contributed by atoms with Gasteiger partial charge in [0.2, 0.25) is 0 Å². The third-order valence-electron chi connectivity index (χ3n) is 5.47. The standard InChI is InChI=1S/C25H20N2O2/c1-26-20-16-10-9-15-19(20)23-24(26)21(17-11-5-3-6-12-17)22(27(23)25(28)29-2)18-13-7-4-8-14-18/h3-16H,1-2H3. The predicted octanol–water partition coefficient (Wildman–Crippen LogP) is 6.08. The van der Waals surface area contributed by atoms with Gasteiger partial charge in [0.15, 0.2) is 0 Å². The highest BCUT2D eigenvalue weighted by Gasteiger charge is 2.28. The van der Waals surface area contributed by atoms with Gasteiger partial charge in [-0.3, -0.25) is 0 Å². The Hall–Kier alpha value is -3.79. The fourth-order valence-corrected chi connectivity index (χ4v) is 4.24. The van der Waals surface area contributed by atoms with E-state index in [9.17, 15) is 4.79 Å². The number of benzene rings is 3. The summed E-state index contributed by atoms with van der Waals surface area (Å²) in [6.07, 6.45) is -0.396. The molecule has 0 spiro atoms. The molecular formula is C25H20N2O2. The zero-order valence-corrected chi connectivity index (χ0v) is 16.3. The molecule has 2 heterocycles. The zero-order chi connectivity index (χ0) is 20.0. The quantitative estimate of drug-likeness (QED) is 0.372. The van der Waals surface area contributed by atoms with Crippen LogP contribution in [0.15, 0.2) is 84.9 Å². The average Bonchev–Trinajstić information content (AvgIpc) is 3.28. The number of hydrogen-bond acceptors (Lipinski definition) is 2. The van der Waals surface area contributed by atoms with Crippen LogP contribution >= 0.6 is 0 Å². The van der Waals surface area contributed by atoms with Crippen LogP contribution in [-0.2, 0) is 11.8 Å². The minimum atomic E-state index is -0.396. The first-order valence-electron chi connectivity index (χ1n) is 9.53. The van der Waals surface area contributed by atoms with E-state index in [0.29, 0.717) is 0 Å². The average molecular weight is 380 g/mol. The summed E-state index contributed by atoms with van der Waals surface area (Å²) in [4.78, 5) is 13.1. The summed E-state index contributed by atoms with van der Waals surface area (Å²) in [6, 6.07) is 28.4. The van der Waals surface area contributed by atoms with E-state index in [4.69, 9.17) is 4.74 Å². The highest BCUT2D eigenvalue weighted by atomic mass is 16.5. The second-order valence-corrected chi connectivity index (χ2v) is 7.03. The number of aryl methyl sites for hydroxylation is 1. The minimum Gasteiger partial charge on any atom is -0.452 e. The van der Waals surface area contributed by atoms with Crippen LogP contribution < -0.4 is 0 Å². The monoisotopic (exact) mass is 380 g/mol. The van der Waals surface area contributed by atoms with Crippen LogP contribution in [0.3, 0.4) is 0 Å². The smallest absolute Gasteiger partial charge is 0.418 e. The molecule has 2 aromatic heterocycles. The molecule has 0 saturated carbocycles. The topological polar surface area (TPSA) is 36.2 Å². The summed E-state index contributed by atoms with van der Waals surface area (Å²) in [5.74, 6) is 0. The lowest BCUT2D eigenvalue weighted by Gasteiger charge is -2.12. The van der Waals surface area contributed by atoms with Gasteiger partial charge >= 0.3 is 6.09 Å². The third-order valence-corrected chi connectivity index (χ3v) is 5.47. The molecule has 3 aromatic carbocycles. The Kier molecular flexibility index (Phi) is 3.98. The van der Waals surface area contributed by atoms with Crippen molar-refractivity contribution < 1.29 is 9.53 Å². The SMILES string of the molecule is COC(=O)n1c(-c2ccccc2)c(-c2ccccc2)c2c1c1ccccc1n2C. The first-order chi connectivity index (χ1) is 14.2. The van der Waals surface area contributed by atoms with Gasteiger partial charge in [-0.1, -0.05) is 78.9 Å². The van der Waals surface area contributed by atoms with Gasteiger partial charge in [-0.15, -0.1) is 0 Å². The molecule has 4 nitrogen and oxygen atoms in total. The normalized spacial score (nSPS) is 11.2. The molecule has 0 fully saturated rings. The molecule has 0 radical (unpaired) electrons. The van der Waals surface area contributed by atoms with Crippen LogP contribution in [-0.4, -0.2) is 22.3 Å². The lowest BCUT2D eigenvalue weighted by molar-refractivity contribution is 0.174. The number of para-hydroxylation sites is 1. The summed E-state index contributed by atoms with van der Waals surface area (Å²) in [5, 5.41) is 1.02. The molecule has 0 amide bonds. The van der Waals surface area contributed by atoms with Crippen molar-refractivity contribution in [2.24, 2.45) is 7.05 Å². The first-order valence-corrected chi connectivity index (χ1v) is 9.53. The number of rotatable bonds is 2. The van der Waals surface area contributed by atoms with Crippen LogP contribution in [0.4, 0.5) is 4.79 Å². The Morgan fingerprint density at radius 2 is 1.34 bits per heavy atom. The molecule has 5 aromatic rings. The fourth-order valence-electron chi connectivity index (χ4n) is 4.24. The van der Waals surface area contributed by atoms with Gasteiger partial charge in [0.25, 0.3) is 0 Å². The lowest BCUT2D eigenvalue weighted by Crippen LogP contribution is -2.12. The first kappa shape index (κ1) is 17.3. The Balaban J connectivity index is 2.06. The molecule has 142 valence electrons. The van der Waals surface area contributed by atoms with Gasteiger partial charge in [0, 0.05) is 18.0 Å². The summed E-state index contributed by atoms with van der Waals surface area (Å²) in [5.41, 5.74) is 6.86. The Morgan fingerprint density at radius 1 is 0.759 bits per heavy atom.